The van der Waals surface area contributed by atoms with Crippen molar-refractivity contribution in [1.29, 1.82) is 0 Å². The molecule has 0 saturated carbocycles. The van der Waals surface area contributed by atoms with E-state index in [1.807, 2.05) is 11.9 Å². The van der Waals surface area contributed by atoms with Crippen LogP contribution in [0, 0.1) is 0 Å². The smallest absolute Gasteiger partial charge is 0.269 e. The van der Waals surface area contributed by atoms with Gasteiger partial charge >= 0.3 is 0 Å². The first kappa shape index (κ1) is 13.7. The highest BCUT2D eigenvalue weighted by atomic mass is 16.1. The Labute approximate surface area is 112 Å². The van der Waals surface area contributed by atoms with Gasteiger partial charge in [-0.25, -0.2) is 0 Å². The zero-order valence-electron chi connectivity index (χ0n) is 11.2. The molecule has 7 nitrogen and oxygen atoms in total. The molecule has 0 atom stereocenters. The molecular weight excluding hydrogens is 244 g/mol. The van der Waals surface area contributed by atoms with Gasteiger partial charge in [-0.15, -0.1) is 10.2 Å². The van der Waals surface area contributed by atoms with E-state index in [1.165, 1.54) is 0 Å². The van der Waals surface area contributed by atoms with Crippen molar-refractivity contribution in [2.24, 2.45) is 5.73 Å². The number of nitrogens with zero attached hydrogens (tertiary/aromatic N) is 4. The average molecular weight is 264 g/mol. The van der Waals surface area contributed by atoms with E-state index in [-0.39, 0.29) is 5.69 Å². The minimum absolute atomic E-state index is 0.194. The van der Waals surface area contributed by atoms with Crippen molar-refractivity contribution in [3.05, 3.63) is 17.8 Å². The zero-order valence-corrected chi connectivity index (χ0v) is 11.2. The van der Waals surface area contributed by atoms with Crippen molar-refractivity contribution in [3.8, 4) is 0 Å². The highest BCUT2D eigenvalue weighted by Crippen LogP contribution is 2.07. The Morgan fingerprint density at radius 1 is 1.42 bits per heavy atom. The predicted octanol–water partition coefficient (Wildman–Crippen LogP) is -1.08. The molecule has 0 unspecified atom stereocenters. The molecular formula is C12H20N6O. The van der Waals surface area contributed by atoms with Crippen molar-refractivity contribution in [2.75, 3.05) is 51.2 Å². The Kier molecular flexibility index (Phi) is 4.64. The molecule has 1 aliphatic heterocycles. The number of amides is 1. The highest BCUT2D eigenvalue weighted by molar-refractivity contribution is 5.90. The van der Waals surface area contributed by atoms with Crippen LogP contribution in [0.3, 0.4) is 0 Å². The lowest BCUT2D eigenvalue weighted by molar-refractivity contribution is 0.0994. The molecule has 104 valence electrons. The van der Waals surface area contributed by atoms with E-state index in [2.05, 4.69) is 20.4 Å². The summed E-state index contributed by atoms with van der Waals surface area (Å²) in [5, 5.41) is 11.1. The summed E-state index contributed by atoms with van der Waals surface area (Å²) in [6.07, 6.45) is 0. The lowest BCUT2D eigenvalue weighted by atomic mass is 10.3. The van der Waals surface area contributed by atoms with Crippen LogP contribution in [0.25, 0.3) is 0 Å². The molecule has 1 aromatic rings. The van der Waals surface area contributed by atoms with Crippen molar-refractivity contribution in [2.45, 2.75) is 0 Å². The summed E-state index contributed by atoms with van der Waals surface area (Å²) < 4.78 is 0. The number of nitrogens with one attached hydrogen (secondary N) is 1. The van der Waals surface area contributed by atoms with Crippen LogP contribution in [-0.4, -0.2) is 67.3 Å². The van der Waals surface area contributed by atoms with Crippen LogP contribution >= 0.6 is 0 Å². The van der Waals surface area contributed by atoms with Gasteiger partial charge in [-0.2, -0.15) is 0 Å². The number of nitrogens with two attached hydrogens (primary N) is 1. The molecule has 1 fully saturated rings. The quantitative estimate of drug-likeness (QED) is 0.703. The highest BCUT2D eigenvalue weighted by Gasteiger charge is 2.11. The van der Waals surface area contributed by atoms with Gasteiger partial charge in [-0.1, -0.05) is 0 Å². The number of carbonyl (C=O) groups is 1. The molecule has 2 rings (SSSR count). The first-order valence-corrected chi connectivity index (χ1v) is 6.44. The monoisotopic (exact) mass is 264 g/mol. The van der Waals surface area contributed by atoms with E-state index in [0.717, 1.165) is 45.1 Å². The van der Waals surface area contributed by atoms with Gasteiger partial charge in [-0.3, -0.25) is 9.69 Å². The van der Waals surface area contributed by atoms with Gasteiger partial charge in [0.05, 0.1) is 0 Å². The predicted molar refractivity (Wildman–Crippen MR) is 73.1 cm³/mol. The third kappa shape index (κ3) is 3.87. The summed E-state index contributed by atoms with van der Waals surface area (Å²) in [6.45, 7) is 6.15. The Balaban J connectivity index is 1.84. The molecule has 1 aromatic heterocycles. The second-order valence-electron chi connectivity index (χ2n) is 4.65. The number of likely N-dealkylation sites (N-methyl/N-ethyl adjacent to an activating group) is 1. The third-order valence-electron chi connectivity index (χ3n) is 3.26. The molecule has 3 N–H and O–H groups in total. The molecule has 2 heterocycles. The van der Waals surface area contributed by atoms with Gasteiger partial charge in [0.1, 0.15) is 0 Å². The molecule has 0 radical (unpaired) electrons. The summed E-state index contributed by atoms with van der Waals surface area (Å²) in [5.41, 5.74) is 5.32. The van der Waals surface area contributed by atoms with Crippen LogP contribution < -0.4 is 16.0 Å². The molecule has 7 heteroatoms. The largest absolute Gasteiger partial charge is 0.364 e. The molecule has 1 saturated heterocycles. The van der Waals surface area contributed by atoms with Gasteiger partial charge in [0.2, 0.25) is 0 Å². The van der Waals surface area contributed by atoms with E-state index < -0.39 is 5.91 Å². The first-order chi connectivity index (χ1) is 9.16. The van der Waals surface area contributed by atoms with Crippen LogP contribution in [-0.2, 0) is 0 Å². The van der Waals surface area contributed by atoms with Crippen molar-refractivity contribution >= 4 is 11.7 Å². The second-order valence-corrected chi connectivity index (χ2v) is 4.65. The second kappa shape index (κ2) is 6.44. The maximum absolute atomic E-state index is 10.9. The Morgan fingerprint density at radius 3 is 2.74 bits per heavy atom. The summed E-state index contributed by atoms with van der Waals surface area (Å²) in [4.78, 5) is 15.4. The Morgan fingerprint density at radius 2 is 2.16 bits per heavy atom. The lowest BCUT2D eigenvalue weighted by Gasteiger charge is -2.29. The molecule has 1 aliphatic rings. The normalized spacial score (nSPS) is 16.3. The number of rotatable bonds is 5. The Bertz CT molecular complexity index is 415. The molecule has 0 aromatic carbocycles. The van der Waals surface area contributed by atoms with E-state index in [4.69, 9.17) is 5.73 Å². The van der Waals surface area contributed by atoms with Crippen LogP contribution in [0.4, 0.5) is 5.82 Å². The van der Waals surface area contributed by atoms with E-state index in [1.54, 1.807) is 12.1 Å². The van der Waals surface area contributed by atoms with Crippen LogP contribution in [0.2, 0.25) is 0 Å². The van der Waals surface area contributed by atoms with Crippen LogP contribution in [0.1, 0.15) is 10.5 Å². The minimum Gasteiger partial charge on any atom is -0.364 e. The molecule has 0 bridgehead atoms. The molecule has 0 spiro atoms. The first-order valence-electron chi connectivity index (χ1n) is 6.44. The average Bonchev–Trinajstić information content (AvgIpc) is 2.46. The maximum atomic E-state index is 10.9. The summed E-state index contributed by atoms with van der Waals surface area (Å²) in [6, 6.07) is 3.37. The number of hydrogen-bond acceptors (Lipinski definition) is 6. The number of anilines is 1. The fourth-order valence-electron chi connectivity index (χ4n) is 2.00. The van der Waals surface area contributed by atoms with E-state index in [9.17, 15) is 4.79 Å². The zero-order chi connectivity index (χ0) is 13.7. The number of aromatic nitrogens is 2. The maximum Gasteiger partial charge on any atom is 0.269 e. The Hall–Kier alpha value is -1.73. The van der Waals surface area contributed by atoms with Crippen LogP contribution in [0.15, 0.2) is 12.1 Å². The number of piperazine rings is 1. The number of primary amides is 1. The van der Waals surface area contributed by atoms with Gasteiger partial charge in [0, 0.05) is 46.3 Å². The molecule has 1 amide bonds. The van der Waals surface area contributed by atoms with E-state index >= 15 is 0 Å². The van der Waals surface area contributed by atoms with Gasteiger partial charge in [0.15, 0.2) is 11.5 Å². The van der Waals surface area contributed by atoms with Crippen molar-refractivity contribution in [3.63, 3.8) is 0 Å². The van der Waals surface area contributed by atoms with E-state index in [0.29, 0.717) is 0 Å². The van der Waals surface area contributed by atoms with Gasteiger partial charge in [0.25, 0.3) is 5.91 Å². The number of hydrogen-bond donors (Lipinski definition) is 2. The molecule has 0 aliphatic carbocycles. The summed E-state index contributed by atoms with van der Waals surface area (Å²) >= 11 is 0. The van der Waals surface area contributed by atoms with Gasteiger partial charge < -0.3 is 16.0 Å². The molecule has 19 heavy (non-hydrogen) atoms. The standard InChI is InChI=1S/C12H20N6O/c1-17(8-9-18-6-4-14-5-7-18)11-3-2-10(12(13)19)15-16-11/h2-3,14H,4-9H2,1H3,(H2,13,19). The third-order valence-corrected chi connectivity index (χ3v) is 3.26. The lowest BCUT2D eigenvalue weighted by Crippen LogP contribution is -2.46. The summed E-state index contributed by atoms with van der Waals surface area (Å²) in [5.74, 6) is 0.197. The summed E-state index contributed by atoms with van der Waals surface area (Å²) in [7, 11) is 1.97. The SMILES string of the molecule is CN(CCN1CCNCC1)c1ccc(C(N)=O)nn1. The fourth-order valence-corrected chi connectivity index (χ4v) is 2.00. The minimum atomic E-state index is -0.553. The van der Waals surface area contributed by atoms with Gasteiger partial charge in [-0.05, 0) is 12.1 Å². The van der Waals surface area contributed by atoms with Crippen LogP contribution in [0.5, 0.6) is 0 Å². The number of carbonyl (C=O) groups excluding carboxylic acids is 1. The fraction of sp³-hybridized carbons (Fsp3) is 0.583. The van der Waals surface area contributed by atoms with Crippen molar-refractivity contribution in [1.82, 2.24) is 20.4 Å². The topological polar surface area (TPSA) is 87.4 Å². The van der Waals surface area contributed by atoms with Crippen molar-refractivity contribution < 1.29 is 4.79 Å².